The molecule has 110 valence electrons. The number of carbonyl (C=O) groups is 1. The Labute approximate surface area is 125 Å². The van der Waals surface area contributed by atoms with Crippen molar-refractivity contribution in [1.29, 1.82) is 0 Å². The number of fused-ring (bicyclic) bond motifs is 1. The molecule has 2 aliphatic carbocycles. The molecule has 1 fully saturated rings. The van der Waals surface area contributed by atoms with Crippen molar-refractivity contribution in [3.63, 3.8) is 0 Å². The molecule has 0 amide bonds. The summed E-state index contributed by atoms with van der Waals surface area (Å²) in [6.45, 7) is 9.33. The maximum Gasteiger partial charge on any atom is 0.381 e. The van der Waals surface area contributed by atoms with Gasteiger partial charge < -0.3 is 9.58 Å². The highest BCUT2D eigenvalue weighted by Gasteiger charge is 2.32. The van der Waals surface area contributed by atoms with Gasteiger partial charge in [-0.2, -0.15) is 0 Å². The summed E-state index contributed by atoms with van der Waals surface area (Å²) in [6.07, 6.45) is 7.13. The van der Waals surface area contributed by atoms with E-state index in [-0.39, 0.29) is 5.97 Å². The summed E-state index contributed by atoms with van der Waals surface area (Å²) in [7, 11) is 0. The first-order valence-corrected chi connectivity index (χ1v) is 7.81. The van der Waals surface area contributed by atoms with E-state index < -0.39 is 0 Å². The molecule has 0 spiro atoms. The third-order valence-corrected chi connectivity index (χ3v) is 4.53. The van der Waals surface area contributed by atoms with Crippen LogP contribution in [0.3, 0.4) is 0 Å². The minimum atomic E-state index is -0.387. The van der Waals surface area contributed by atoms with Crippen LogP contribution < -0.4 is 0 Å². The average molecular weight is 284 g/mol. The molecule has 0 aliphatic heterocycles. The largest absolute Gasteiger partial charge is 0.460 e. The quantitative estimate of drug-likeness (QED) is 0.605. The van der Waals surface area contributed by atoms with Crippen molar-refractivity contribution in [3.8, 4) is 0 Å². The molecule has 0 unspecified atom stereocenters. The molecule has 3 rings (SSSR count). The van der Waals surface area contributed by atoms with E-state index in [0.29, 0.717) is 24.0 Å². The number of hydrogen-bond donors (Lipinski definition) is 0. The van der Waals surface area contributed by atoms with E-state index in [9.17, 15) is 4.79 Å². The summed E-state index contributed by atoms with van der Waals surface area (Å²) < 4.78 is 5.09. The van der Waals surface area contributed by atoms with E-state index in [1.165, 1.54) is 31.2 Å². The predicted molar refractivity (Wildman–Crippen MR) is 79.5 cm³/mol. The number of pyridine rings is 1. The summed E-state index contributed by atoms with van der Waals surface area (Å²) in [5.74, 6) is 1.33. The minimum absolute atomic E-state index is 0.315. The van der Waals surface area contributed by atoms with E-state index in [1.54, 1.807) is 6.92 Å². The smallest absolute Gasteiger partial charge is 0.381 e. The highest BCUT2D eigenvalue weighted by Crippen LogP contribution is 2.43. The standard InChI is InChI=1S/C17H20N2O2/c1-3-21-17(20)16-13-9-8-12(7-6-11-4-5-11)14(13)10-15(18-2)19-16/h10-12H,3-9H2,1H3/t12-/m0/s1. The van der Waals surface area contributed by atoms with Crippen LogP contribution in [0.15, 0.2) is 6.07 Å². The normalized spacial score (nSPS) is 19.9. The van der Waals surface area contributed by atoms with Crippen molar-refractivity contribution in [3.05, 3.63) is 34.3 Å². The highest BCUT2D eigenvalue weighted by molar-refractivity contribution is 5.90. The molecule has 1 heterocycles. The molecule has 1 aromatic rings. The van der Waals surface area contributed by atoms with Gasteiger partial charge in [0.05, 0.1) is 6.61 Å². The van der Waals surface area contributed by atoms with Gasteiger partial charge in [-0.1, -0.05) is 19.4 Å². The third kappa shape index (κ3) is 2.92. The zero-order chi connectivity index (χ0) is 14.8. The second-order valence-electron chi connectivity index (χ2n) is 5.99. The molecule has 0 bridgehead atoms. The van der Waals surface area contributed by atoms with Crippen LogP contribution in [0.2, 0.25) is 0 Å². The Kier molecular flexibility index (Phi) is 3.92. The molecule has 2 aliphatic rings. The minimum Gasteiger partial charge on any atom is -0.460 e. The Morgan fingerprint density at radius 3 is 2.90 bits per heavy atom. The second kappa shape index (κ2) is 5.85. The van der Waals surface area contributed by atoms with Gasteiger partial charge in [0.15, 0.2) is 0 Å². The Morgan fingerprint density at radius 1 is 1.43 bits per heavy atom. The van der Waals surface area contributed by atoms with E-state index in [4.69, 9.17) is 11.3 Å². The molecule has 0 saturated heterocycles. The van der Waals surface area contributed by atoms with Crippen molar-refractivity contribution in [2.45, 2.75) is 51.4 Å². The molecule has 0 radical (unpaired) electrons. The fourth-order valence-corrected chi connectivity index (χ4v) is 3.25. The number of carbonyl (C=O) groups excluding carboxylic acids is 1. The summed E-state index contributed by atoms with van der Waals surface area (Å²) in [5.41, 5.74) is 2.55. The Hall–Kier alpha value is -1.89. The van der Waals surface area contributed by atoms with E-state index in [1.807, 2.05) is 6.07 Å². The third-order valence-electron chi connectivity index (χ3n) is 4.53. The molecular formula is C17H20N2O2. The van der Waals surface area contributed by atoms with Crippen LogP contribution in [-0.2, 0) is 11.2 Å². The van der Waals surface area contributed by atoms with Gasteiger partial charge in [0, 0.05) is 5.56 Å². The molecule has 0 N–H and O–H groups in total. The average Bonchev–Trinajstić information content (AvgIpc) is 3.24. The molecule has 1 atom stereocenters. The lowest BCUT2D eigenvalue weighted by Gasteiger charge is -2.12. The van der Waals surface area contributed by atoms with E-state index in [2.05, 4.69) is 9.83 Å². The molecule has 4 nitrogen and oxygen atoms in total. The van der Waals surface area contributed by atoms with Crippen molar-refractivity contribution in [1.82, 2.24) is 4.98 Å². The lowest BCUT2D eigenvalue weighted by molar-refractivity contribution is 0.0518. The monoisotopic (exact) mass is 284 g/mol. The zero-order valence-corrected chi connectivity index (χ0v) is 12.4. The lowest BCUT2D eigenvalue weighted by atomic mass is 9.95. The summed E-state index contributed by atoms with van der Waals surface area (Å²) in [5, 5.41) is 0. The van der Waals surface area contributed by atoms with Crippen molar-refractivity contribution in [2.24, 2.45) is 5.92 Å². The molecule has 4 heteroatoms. The maximum atomic E-state index is 12.1. The SMILES string of the molecule is [C-]#[N+]c1cc2c(c(C(=O)OCC)n1)CC[C@@H]2CCC1CC1. The first-order chi connectivity index (χ1) is 10.2. The summed E-state index contributed by atoms with van der Waals surface area (Å²) in [4.78, 5) is 19.7. The van der Waals surface area contributed by atoms with Gasteiger partial charge in [-0.3, -0.25) is 0 Å². The van der Waals surface area contributed by atoms with Crippen LogP contribution >= 0.6 is 0 Å². The number of rotatable bonds is 5. The van der Waals surface area contributed by atoms with Gasteiger partial charge in [0.2, 0.25) is 5.69 Å². The second-order valence-corrected chi connectivity index (χ2v) is 5.99. The van der Waals surface area contributed by atoms with E-state index in [0.717, 1.165) is 24.3 Å². The molecule has 1 aromatic heterocycles. The number of aromatic nitrogens is 1. The van der Waals surface area contributed by atoms with Crippen LogP contribution in [0.5, 0.6) is 0 Å². The molecular weight excluding hydrogens is 264 g/mol. The number of nitrogens with zero attached hydrogens (tertiary/aromatic N) is 2. The Bertz CT molecular complexity index is 600. The van der Waals surface area contributed by atoms with Crippen LogP contribution in [0.1, 0.15) is 66.6 Å². The Balaban J connectivity index is 1.89. The summed E-state index contributed by atoms with van der Waals surface area (Å²) >= 11 is 0. The van der Waals surface area contributed by atoms with Crippen LogP contribution in [0.25, 0.3) is 4.85 Å². The van der Waals surface area contributed by atoms with E-state index >= 15 is 0 Å². The molecule has 1 saturated carbocycles. The predicted octanol–water partition coefficient (Wildman–Crippen LogP) is 4.03. The fourth-order valence-electron chi connectivity index (χ4n) is 3.25. The highest BCUT2D eigenvalue weighted by atomic mass is 16.5. The topological polar surface area (TPSA) is 43.5 Å². The molecule has 0 aromatic carbocycles. The summed E-state index contributed by atoms with van der Waals surface area (Å²) in [6, 6.07) is 1.88. The van der Waals surface area contributed by atoms with Crippen molar-refractivity contribution < 1.29 is 9.53 Å². The zero-order valence-electron chi connectivity index (χ0n) is 12.4. The van der Waals surface area contributed by atoms with Crippen LogP contribution in [0.4, 0.5) is 5.82 Å². The van der Waals surface area contributed by atoms with Gasteiger partial charge in [0.25, 0.3) is 5.82 Å². The van der Waals surface area contributed by atoms with Gasteiger partial charge in [0.1, 0.15) is 0 Å². The van der Waals surface area contributed by atoms with Gasteiger partial charge >= 0.3 is 5.97 Å². The van der Waals surface area contributed by atoms with Gasteiger partial charge in [-0.05, 0) is 56.1 Å². The number of hydrogen-bond acceptors (Lipinski definition) is 3. The van der Waals surface area contributed by atoms with Gasteiger partial charge in [-0.25, -0.2) is 4.79 Å². The van der Waals surface area contributed by atoms with Crippen LogP contribution in [-0.4, -0.2) is 17.6 Å². The Morgan fingerprint density at radius 2 is 2.24 bits per heavy atom. The van der Waals surface area contributed by atoms with Crippen molar-refractivity contribution >= 4 is 11.8 Å². The van der Waals surface area contributed by atoms with Crippen molar-refractivity contribution in [2.75, 3.05) is 6.61 Å². The first-order valence-electron chi connectivity index (χ1n) is 7.81. The molecule has 21 heavy (non-hydrogen) atoms. The first kappa shape index (κ1) is 14.1. The number of esters is 1. The van der Waals surface area contributed by atoms with Crippen LogP contribution in [0, 0.1) is 12.5 Å². The maximum absolute atomic E-state index is 12.1. The fraction of sp³-hybridized carbons (Fsp3) is 0.588. The number of ether oxygens (including phenoxy) is 1. The lowest BCUT2D eigenvalue weighted by Crippen LogP contribution is -2.11. The van der Waals surface area contributed by atoms with Gasteiger partial charge in [-0.15, -0.1) is 4.98 Å².